The lowest BCUT2D eigenvalue weighted by molar-refractivity contribution is 0.298. The fourth-order valence-electron chi connectivity index (χ4n) is 2.02. The van der Waals surface area contributed by atoms with Gasteiger partial charge in [0.25, 0.3) is 0 Å². The van der Waals surface area contributed by atoms with E-state index in [0.717, 1.165) is 37.6 Å². The zero-order valence-electron chi connectivity index (χ0n) is 13.0. The van der Waals surface area contributed by atoms with Crippen LogP contribution in [0.1, 0.15) is 46.0 Å². The molecule has 1 aromatic rings. The minimum atomic E-state index is 0.690. The average molecular weight is 279 g/mol. The Hall–Kier alpha value is -1.22. The van der Waals surface area contributed by atoms with Gasteiger partial charge in [-0.1, -0.05) is 25.8 Å². The van der Waals surface area contributed by atoms with Gasteiger partial charge in [0.05, 0.1) is 13.2 Å². The molecule has 0 heterocycles. The number of unbranched alkanes of at least 4 members (excludes halogenated alkanes) is 3. The van der Waals surface area contributed by atoms with Crippen LogP contribution in [0.3, 0.4) is 0 Å². The lowest BCUT2D eigenvalue weighted by atomic mass is 10.2. The van der Waals surface area contributed by atoms with E-state index in [9.17, 15) is 0 Å². The van der Waals surface area contributed by atoms with E-state index in [1.807, 2.05) is 31.2 Å². The van der Waals surface area contributed by atoms with Crippen LogP contribution in [0, 0.1) is 0 Å². The molecule has 114 valence electrons. The van der Waals surface area contributed by atoms with E-state index in [2.05, 4.69) is 12.2 Å². The van der Waals surface area contributed by atoms with Crippen LogP contribution in [0.25, 0.3) is 0 Å². The Labute approximate surface area is 123 Å². The number of ether oxygens (including phenoxy) is 2. The first kappa shape index (κ1) is 16.8. The number of nitrogens with one attached hydrogen (secondary N) is 1. The maximum absolute atomic E-state index is 5.74. The van der Waals surface area contributed by atoms with Gasteiger partial charge < -0.3 is 14.8 Å². The van der Waals surface area contributed by atoms with Gasteiger partial charge in [-0.05, 0) is 51.4 Å². The summed E-state index contributed by atoms with van der Waals surface area (Å²) in [7, 11) is 0. The summed E-state index contributed by atoms with van der Waals surface area (Å²) in [5.74, 6) is 1.78. The van der Waals surface area contributed by atoms with Crippen molar-refractivity contribution in [2.45, 2.75) is 46.0 Å². The van der Waals surface area contributed by atoms with Crippen molar-refractivity contribution in [2.24, 2.45) is 0 Å². The first-order chi connectivity index (χ1) is 9.86. The van der Waals surface area contributed by atoms with Crippen molar-refractivity contribution >= 4 is 0 Å². The summed E-state index contributed by atoms with van der Waals surface area (Å²) in [5.41, 5.74) is 0. The predicted molar refractivity (Wildman–Crippen MR) is 84.7 cm³/mol. The van der Waals surface area contributed by atoms with Crippen molar-refractivity contribution in [2.75, 3.05) is 26.3 Å². The maximum atomic E-state index is 5.74. The summed E-state index contributed by atoms with van der Waals surface area (Å²) >= 11 is 0. The molecule has 0 aliphatic rings. The molecule has 0 aromatic heterocycles. The van der Waals surface area contributed by atoms with E-state index < -0.39 is 0 Å². The Bertz CT molecular complexity index is 342. The molecule has 0 atom stereocenters. The van der Waals surface area contributed by atoms with Crippen molar-refractivity contribution in [3.05, 3.63) is 24.3 Å². The summed E-state index contributed by atoms with van der Waals surface area (Å²) in [6.07, 6.45) is 6.11. The van der Waals surface area contributed by atoms with E-state index >= 15 is 0 Å². The van der Waals surface area contributed by atoms with Crippen LogP contribution in [-0.4, -0.2) is 26.3 Å². The maximum Gasteiger partial charge on any atom is 0.122 e. The third-order valence-electron chi connectivity index (χ3n) is 3.06. The summed E-state index contributed by atoms with van der Waals surface area (Å²) in [6, 6.07) is 7.87. The molecule has 3 nitrogen and oxygen atoms in total. The SMILES string of the molecule is CCCNCCCCCCOc1cccc(OCC)c1. The van der Waals surface area contributed by atoms with Crippen molar-refractivity contribution in [3.63, 3.8) is 0 Å². The summed E-state index contributed by atoms with van der Waals surface area (Å²) < 4.78 is 11.2. The van der Waals surface area contributed by atoms with Gasteiger partial charge >= 0.3 is 0 Å². The number of benzene rings is 1. The van der Waals surface area contributed by atoms with Gasteiger partial charge in [-0.15, -0.1) is 0 Å². The highest BCUT2D eigenvalue weighted by Crippen LogP contribution is 2.19. The standard InChI is InChI=1S/C17H29NO2/c1-3-12-18-13-7-5-6-8-14-20-17-11-9-10-16(15-17)19-4-2/h9-11,15,18H,3-8,12-14H2,1-2H3. The highest BCUT2D eigenvalue weighted by molar-refractivity contribution is 5.32. The molecule has 0 aliphatic heterocycles. The zero-order chi connectivity index (χ0) is 14.5. The van der Waals surface area contributed by atoms with Crippen molar-refractivity contribution < 1.29 is 9.47 Å². The number of rotatable bonds is 12. The molecule has 20 heavy (non-hydrogen) atoms. The second kappa shape index (κ2) is 11.6. The second-order valence-electron chi connectivity index (χ2n) is 4.92. The first-order valence-electron chi connectivity index (χ1n) is 7.93. The highest BCUT2D eigenvalue weighted by Gasteiger charge is 1.97. The molecule has 1 N–H and O–H groups in total. The molecule has 0 bridgehead atoms. The van der Waals surface area contributed by atoms with Crippen LogP contribution in [0.15, 0.2) is 24.3 Å². The second-order valence-corrected chi connectivity index (χ2v) is 4.92. The first-order valence-corrected chi connectivity index (χ1v) is 7.93. The van der Waals surface area contributed by atoms with Crippen molar-refractivity contribution in [1.29, 1.82) is 0 Å². The molecule has 0 radical (unpaired) electrons. The van der Waals surface area contributed by atoms with Crippen LogP contribution < -0.4 is 14.8 Å². The Morgan fingerprint density at radius 3 is 2.40 bits per heavy atom. The molecule has 0 amide bonds. The molecular formula is C17H29NO2. The third-order valence-corrected chi connectivity index (χ3v) is 3.06. The van der Waals surface area contributed by atoms with Crippen LogP contribution in [0.4, 0.5) is 0 Å². The largest absolute Gasteiger partial charge is 0.494 e. The summed E-state index contributed by atoms with van der Waals surface area (Å²) in [4.78, 5) is 0. The number of hydrogen-bond acceptors (Lipinski definition) is 3. The molecule has 0 unspecified atom stereocenters. The molecule has 0 fully saturated rings. The lowest BCUT2D eigenvalue weighted by Gasteiger charge is -2.08. The molecule has 0 saturated carbocycles. The van der Waals surface area contributed by atoms with E-state index in [1.165, 1.54) is 25.7 Å². The third kappa shape index (κ3) is 8.05. The lowest BCUT2D eigenvalue weighted by Crippen LogP contribution is -2.15. The van der Waals surface area contributed by atoms with Gasteiger partial charge in [0.1, 0.15) is 11.5 Å². The van der Waals surface area contributed by atoms with Gasteiger partial charge in [0.15, 0.2) is 0 Å². The van der Waals surface area contributed by atoms with Gasteiger partial charge in [-0.2, -0.15) is 0 Å². The predicted octanol–water partition coefficient (Wildman–Crippen LogP) is 4.02. The number of hydrogen-bond donors (Lipinski definition) is 1. The van der Waals surface area contributed by atoms with Crippen molar-refractivity contribution in [3.8, 4) is 11.5 Å². The Morgan fingerprint density at radius 2 is 1.65 bits per heavy atom. The van der Waals surface area contributed by atoms with Gasteiger partial charge in [-0.3, -0.25) is 0 Å². The van der Waals surface area contributed by atoms with Crippen LogP contribution >= 0.6 is 0 Å². The van der Waals surface area contributed by atoms with Gasteiger partial charge in [0, 0.05) is 6.07 Å². The van der Waals surface area contributed by atoms with E-state index in [1.54, 1.807) is 0 Å². The zero-order valence-corrected chi connectivity index (χ0v) is 13.0. The monoisotopic (exact) mass is 279 g/mol. The minimum absolute atomic E-state index is 0.690. The molecular weight excluding hydrogens is 250 g/mol. The van der Waals surface area contributed by atoms with Crippen LogP contribution in [0.5, 0.6) is 11.5 Å². The van der Waals surface area contributed by atoms with E-state index in [-0.39, 0.29) is 0 Å². The summed E-state index contributed by atoms with van der Waals surface area (Å²) in [6.45, 7) is 7.95. The van der Waals surface area contributed by atoms with E-state index in [0.29, 0.717) is 6.61 Å². The van der Waals surface area contributed by atoms with Crippen LogP contribution in [0.2, 0.25) is 0 Å². The summed E-state index contributed by atoms with van der Waals surface area (Å²) in [5, 5.41) is 3.42. The van der Waals surface area contributed by atoms with E-state index in [4.69, 9.17) is 9.47 Å². The Morgan fingerprint density at radius 1 is 0.900 bits per heavy atom. The normalized spacial score (nSPS) is 10.5. The molecule has 0 saturated heterocycles. The minimum Gasteiger partial charge on any atom is -0.494 e. The quantitative estimate of drug-likeness (QED) is 0.586. The molecule has 3 heteroatoms. The van der Waals surface area contributed by atoms with Gasteiger partial charge in [-0.25, -0.2) is 0 Å². The van der Waals surface area contributed by atoms with Gasteiger partial charge in [0.2, 0.25) is 0 Å². The molecule has 0 aliphatic carbocycles. The molecule has 1 aromatic carbocycles. The Balaban J connectivity index is 2.02. The fourth-order valence-corrected chi connectivity index (χ4v) is 2.02. The topological polar surface area (TPSA) is 30.5 Å². The Kier molecular flexibility index (Phi) is 9.76. The average Bonchev–Trinajstić information content (AvgIpc) is 2.46. The highest BCUT2D eigenvalue weighted by atomic mass is 16.5. The molecule has 1 rings (SSSR count). The van der Waals surface area contributed by atoms with Crippen molar-refractivity contribution in [1.82, 2.24) is 5.32 Å². The van der Waals surface area contributed by atoms with Crippen LogP contribution in [-0.2, 0) is 0 Å². The fraction of sp³-hybridized carbons (Fsp3) is 0.647. The molecule has 0 spiro atoms. The smallest absolute Gasteiger partial charge is 0.122 e.